The van der Waals surface area contributed by atoms with Crippen LogP contribution in [0.15, 0.2) is 18.2 Å². The second-order valence-electron chi connectivity index (χ2n) is 3.40. The molecule has 0 radical (unpaired) electrons. The minimum absolute atomic E-state index is 0.235. The lowest BCUT2D eigenvalue weighted by molar-refractivity contribution is -0.117. The highest BCUT2D eigenvalue weighted by Gasteiger charge is 2.00. The van der Waals surface area contributed by atoms with Crippen molar-refractivity contribution in [1.82, 2.24) is 0 Å². The zero-order valence-electron chi connectivity index (χ0n) is 8.13. The Kier molecular flexibility index (Phi) is 3.07. The molecule has 1 aromatic rings. The summed E-state index contributed by atoms with van der Waals surface area (Å²) < 4.78 is 0. The zero-order valence-corrected chi connectivity index (χ0v) is 8.13. The van der Waals surface area contributed by atoms with Crippen molar-refractivity contribution < 1.29 is 4.79 Å². The first-order chi connectivity index (χ1) is 6.09. The van der Waals surface area contributed by atoms with Crippen LogP contribution in [-0.4, -0.2) is 5.91 Å². The molecule has 0 aliphatic carbocycles. The largest absolute Gasteiger partial charge is 0.370 e. The van der Waals surface area contributed by atoms with Crippen LogP contribution in [0.4, 0.5) is 0 Å². The van der Waals surface area contributed by atoms with E-state index in [1.165, 1.54) is 16.7 Å². The molecule has 0 aromatic heterocycles. The first-order valence-electron chi connectivity index (χ1n) is 4.44. The minimum atomic E-state index is -0.235. The van der Waals surface area contributed by atoms with Crippen molar-refractivity contribution in [3.05, 3.63) is 34.9 Å². The van der Waals surface area contributed by atoms with Crippen molar-refractivity contribution >= 4 is 5.91 Å². The standard InChI is InChI=1S/C11H15NO/c1-8-3-4-9(2)10(7-8)5-6-11(12)13/h3-4,7H,5-6H2,1-2H3,(H2,12,13). The normalized spacial score (nSPS) is 10.0. The van der Waals surface area contributed by atoms with E-state index in [2.05, 4.69) is 25.1 Å². The Hall–Kier alpha value is -1.31. The minimum Gasteiger partial charge on any atom is -0.370 e. The molecule has 0 unspecified atom stereocenters. The molecule has 70 valence electrons. The molecule has 2 N–H and O–H groups in total. The molecular formula is C11H15NO. The van der Waals surface area contributed by atoms with E-state index in [4.69, 9.17) is 5.73 Å². The summed E-state index contributed by atoms with van der Waals surface area (Å²) in [6.45, 7) is 4.10. The predicted molar refractivity (Wildman–Crippen MR) is 53.4 cm³/mol. The number of rotatable bonds is 3. The van der Waals surface area contributed by atoms with Gasteiger partial charge in [-0.15, -0.1) is 0 Å². The van der Waals surface area contributed by atoms with E-state index >= 15 is 0 Å². The Labute approximate surface area is 78.8 Å². The quantitative estimate of drug-likeness (QED) is 0.750. The molecule has 0 spiro atoms. The summed E-state index contributed by atoms with van der Waals surface area (Å²) in [5, 5.41) is 0. The van der Waals surface area contributed by atoms with Crippen molar-refractivity contribution in [2.75, 3.05) is 0 Å². The fourth-order valence-corrected chi connectivity index (χ4v) is 1.33. The summed E-state index contributed by atoms with van der Waals surface area (Å²) in [7, 11) is 0. The van der Waals surface area contributed by atoms with Crippen LogP contribution in [0.3, 0.4) is 0 Å². The SMILES string of the molecule is Cc1ccc(C)c(CCC(N)=O)c1. The van der Waals surface area contributed by atoms with Gasteiger partial charge in [-0.1, -0.05) is 23.8 Å². The number of amides is 1. The molecule has 0 saturated heterocycles. The summed E-state index contributed by atoms with van der Waals surface area (Å²) in [5.74, 6) is -0.235. The number of aryl methyl sites for hydroxylation is 3. The van der Waals surface area contributed by atoms with Crippen LogP contribution < -0.4 is 5.73 Å². The lowest BCUT2D eigenvalue weighted by Crippen LogP contribution is -2.11. The first kappa shape index (κ1) is 9.78. The van der Waals surface area contributed by atoms with E-state index in [1.54, 1.807) is 0 Å². The maximum atomic E-state index is 10.6. The van der Waals surface area contributed by atoms with Gasteiger partial charge in [0.1, 0.15) is 0 Å². The molecule has 0 heterocycles. The van der Waals surface area contributed by atoms with Crippen LogP contribution in [0.5, 0.6) is 0 Å². The van der Waals surface area contributed by atoms with Gasteiger partial charge in [-0.3, -0.25) is 4.79 Å². The van der Waals surface area contributed by atoms with Crippen molar-refractivity contribution in [2.45, 2.75) is 26.7 Å². The summed E-state index contributed by atoms with van der Waals surface area (Å²) >= 11 is 0. The molecule has 1 aromatic carbocycles. The van der Waals surface area contributed by atoms with Gasteiger partial charge in [0.05, 0.1) is 0 Å². The van der Waals surface area contributed by atoms with Crippen molar-refractivity contribution in [2.24, 2.45) is 5.73 Å². The average Bonchev–Trinajstić information content (AvgIpc) is 2.06. The third-order valence-electron chi connectivity index (χ3n) is 2.15. The molecule has 2 nitrogen and oxygen atoms in total. The number of primary amides is 1. The molecular weight excluding hydrogens is 162 g/mol. The second kappa shape index (κ2) is 4.08. The van der Waals surface area contributed by atoms with E-state index in [9.17, 15) is 4.79 Å². The average molecular weight is 177 g/mol. The maximum Gasteiger partial charge on any atom is 0.217 e. The van der Waals surface area contributed by atoms with Gasteiger partial charge in [0, 0.05) is 6.42 Å². The fourth-order valence-electron chi connectivity index (χ4n) is 1.33. The van der Waals surface area contributed by atoms with Gasteiger partial charge in [-0.05, 0) is 31.4 Å². The smallest absolute Gasteiger partial charge is 0.217 e. The van der Waals surface area contributed by atoms with Crippen molar-refractivity contribution in [1.29, 1.82) is 0 Å². The summed E-state index contributed by atoms with van der Waals surface area (Å²) in [4.78, 5) is 10.6. The van der Waals surface area contributed by atoms with Crippen LogP contribution in [0.1, 0.15) is 23.1 Å². The van der Waals surface area contributed by atoms with Crippen molar-refractivity contribution in [3.8, 4) is 0 Å². The number of hydrogen-bond donors (Lipinski definition) is 1. The Balaban J connectivity index is 2.75. The fraction of sp³-hybridized carbons (Fsp3) is 0.364. The number of carbonyl (C=O) groups excluding carboxylic acids is 1. The number of hydrogen-bond acceptors (Lipinski definition) is 1. The third-order valence-corrected chi connectivity index (χ3v) is 2.15. The van der Waals surface area contributed by atoms with Gasteiger partial charge in [0.2, 0.25) is 5.91 Å². The predicted octanol–water partition coefficient (Wildman–Crippen LogP) is 1.72. The highest BCUT2D eigenvalue weighted by atomic mass is 16.1. The van der Waals surface area contributed by atoms with Gasteiger partial charge in [-0.2, -0.15) is 0 Å². The van der Waals surface area contributed by atoms with Gasteiger partial charge in [0.15, 0.2) is 0 Å². The molecule has 0 aliphatic rings. The second-order valence-corrected chi connectivity index (χ2v) is 3.40. The molecule has 13 heavy (non-hydrogen) atoms. The summed E-state index contributed by atoms with van der Waals surface area (Å²) in [5.41, 5.74) is 8.77. The molecule has 1 rings (SSSR count). The Morgan fingerprint density at radius 1 is 1.38 bits per heavy atom. The van der Waals surface area contributed by atoms with E-state index < -0.39 is 0 Å². The van der Waals surface area contributed by atoms with Crippen LogP contribution >= 0.6 is 0 Å². The van der Waals surface area contributed by atoms with E-state index in [0.29, 0.717) is 6.42 Å². The lowest BCUT2D eigenvalue weighted by atomic mass is 10.0. The highest BCUT2D eigenvalue weighted by Crippen LogP contribution is 2.12. The number of nitrogens with two attached hydrogens (primary N) is 1. The summed E-state index contributed by atoms with van der Waals surface area (Å²) in [6.07, 6.45) is 1.19. The Morgan fingerprint density at radius 3 is 2.69 bits per heavy atom. The molecule has 0 fully saturated rings. The topological polar surface area (TPSA) is 43.1 Å². The molecule has 0 saturated carbocycles. The van der Waals surface area contributed by atoms with Crippen LogP contribution in [0.2, 0.25) is 0 Å². The molecule has 0 atom stereocenters. The van der Waals surface area contributed by atoms with Crippen molar-refractivity contribution in [3.63, 3.8) is 0 Å². The van der Waals surface area contributed by atoms with Gasteiger partial charge >= 0.3 is 0 Å². The Bertz CT molecular complexity index is 318. The van der Waals surface area contributed by atoms with E-state index in [0.717, 1.165) is 6.42 Å². The van der Waals surface area contributed by atoms with E-state index in [-0.39, 0.29) is 5.91 Å². The van der Waals surface area contributed by atoms with E-state index in [1.807, 2.05) is 6.92 Å². The lowest BCUT2D eigenvalue weighted by Gasteiger charge is -2.05. The molecule has 0 aliphatic heterocycles. The summed E-state index contributed by atoms with van der Waals surface area (Å²) in [6, 6.07) is 6.26. The maximum absolute atomic E-state index is 10.6. The van der Waals surface area contributed by atoms with Gasteiger partial charge < -0.3 is 5.73 Å². The van der Waals surface area contributed by atoms with Crippen LogP contribution in [-0.2, 0) is 11.2 Å². The highest BCUT2D eigenvalue weighted by molar-refractivity contribution is 5.74. The first-order valence-corrected chi connectivity index (χ1v) is 4.44. The molecule has 1 amide bonds. The number of carbonyl (C=O) groups is 1. The van der Waals surface area contributed by atoms with Crippen LogP contribution in [0, 0.1) is 13.8 Å². The molecule has 0 bridgehead atoms. The molecule has 2 heteroatoms. The monoisotopic (exact) mass is 177 g/mol. The van der Waals surface area contributed by atoms with Gasteiger partial charge in [0.25, 0.3) is 0 Å². The Morgan fingerprint density at radius 2 is 2.08 bits per heavy atom. The zero-order chi connectivity index (χ0) is 9.84. The number of benzene rings is 1. The third kappa shape index (κ3) is 2.90. The van der Waals surface area contributed by atoms with Gasteiger partial charge in [-0.25, -0.2) is 0 Å². The van der Waals surface area contributed by atoms with Crippen LogP contribution in [0.25, 0.3) is 0 Å².